The summed E-state index contributed by atoms with van der Waals surface area (Å²) in [5.74, 6) is -0.779. The maximum Gasteiger partial charge on any atom is 0.256 e. The lowest BCUT2D eigenvalue weighted by Gasteiger charge is -2.05. The SMILES string of the molecule is O=C(Nc1sc(N/N=C/c2c(F)cccc2Cl)nc1-c1ccccc1)c1ccc(Cl)cc1. The minimum atomic E-state index is -0.483. The Kier molecular flexibility index (Phi) is 6.80. The second-order valence-electron chi connectivity index (χ2n) is 6.53. The first-order valence-corrected chi connectivity index (χ1v) is 10.9. The van der Waals surface area contributed by atoms with E-state index < -0.39 is 5.82 Å². The number of amides is 1. The molecule has 4 aromatic rings. The molecular formula is C23H15Cl2FN4OS. The van der Waals surface area contributed by atoms with Gasteiger partial charge in [-0.05, 0) is 36.4 Å². The molecule has 3 aromatic carbocycles. The van der Waals surface area contributed by atoms with Gasteiger partial charge < -0.3 is 5.32 Å². The van der Waals surface area contributed by atoms with Crippen molar-refractivity contribution in [2.45, 2.75) is 0 Å². The number of aromatic nitrogens is 1. The van der Waals surface area contributed by atoms with Crippen LogP contribution in [-0.2, 0) is 0 Å². The van der Waals surface area contributed by atoms with Crippen molar-refractivity contribution in [2.75, 3.05) is 10.7 Å². The largest absolute Gasteiger partial charge is 0.312 e. The summed E-state index contributed by atoms with van der Waals surface area (Å²) in [6.07, 6.45) is 1.28. The fourth-order valence-electron chi connectivity index (χ4n) is 2.81. The van der Waals surface area contributed by atoms with Crippen molar-refractivity contribution < 1.29 is 9.18 Å². The maximum atomic E-state index is 13.9. The van der Waals surface area contributed by atoms with Crippen LogP contribution in [0.15, 0.2) is 77.9 Å². The third-order valence-corrected chi connectivity index (χ3v) is 5.82. The molecule has 0 radical (unpaired) electrons. The normalized spacial score (nSPS) is 11.0. The van der Waals surface area contributed by atoms with E-state index in [0.717, 1.165) is 5.56 Å². The minimum absolute atomic E-state index is 0.165. The Morgan fingerprint density at radius 2 is 1.75 bits per heavy atom. The molecule has 32 heavy (non-hydrogen) atoms. The number of hydrogen-bond donors (Lipinski definition) is 2. The lowest BCUT2D eigenvalue weighted by molar-refractivity contribution is 0.102. The fraction of sp³-hybridized carbons (Fsp3) is 0. The molecule has 160 valence electrons. The molecule has 1 heterocycles. The van der Waals surface area contributed by atoms with Gasteiger partial charge in [0.1, 0.15) is 16.5 Å². The summed E-state index contributed by atoms with van der Waals surface area (Å²) in [7, 11) is 0. The zero-order valence-corrected chi connectivity index (χ0v) is 18.7. The number of thiazole rings is 1. The summed E-state index contributed by atoms with van der Waals surface area (Å²) in [5.41, 5.74) is 4.81. The molecule has 0 aliphatic rings. The molecule has 0 saturated carbocycles. The van der Waals surface area contributed by atoms with Crippen molar-refractivity contribution >= 4 is 56.8 Å². The van der Waals surface area contributed by atoms with Crippen molar-refractivity contribution in [3.05, 3.63) is 99.8 Å². The number of carbonyl (C=O) groups is 1. The van der Waals surface area contributed by atoms with Crippen molar-refractivity contribution in [3.63, 3.8) is 0 Å². The number of benzene rings is 3. The Balaban J connectivity index is 1.60. The molecule has 0 spiro atoms. The Morgan fingerprint density at radius 3 is 2.47 bits per heavy atom. The molecule has 0 bridgehead atoms. The molecule has 5 nitrogen and oxygen atoms in total. The molecule has 4 rings (SSSR count). The number of hydrogen-bond acceptors (Lipinski definition) is 5. The van der Waals surface area contributed by atoms with E-state index in [-0.39, 0.29) is 16.5 Å². The van der Waals surface area contributed by atoms with Gasteiger partial charge in [-0.15, -0.1) is 0 Å². The third kappa shape index (κ3) is 5.13. The summed E-state index contributed by atoms with van der Waals surface area (Å²) in [4.78, 5) is 17.3. The second-order valence-corrected chi connectivity index (χ2v) is 8.37. The fourth-order valence-corrected chi connectivity index (χ4v) is 3.98. The quantitative estimate of drug-likeness (QED) is 0.229. The number of rotatable bonds is 6. The van der Waals surface area contributed by atoms with E-state index in [1.165, 1.54) is 29.7 Å². The number of nitrogens with zero attached hydrogens (tertiary/aromatic N) is 2. The smallest absolute Gasteiger partial charge is 0.256 e. The number of carbonyl (C=O) groups excluding carboxylic acids is 1. The molecule has 0 saturated heterocycles. The molecule has 0 aliphatic heterocycles. The lowest BCUT2D eigenvalue weighted by atomic mass is 10.1. The zero-order chi connectivity index (χ0) is 22.5. The molecule has 0 atom stereocenters. The molecule has 0 unspecified atom stereocenters. The van der Waals surface area contributed by atoms with Gasteiger partial charge in [-0.2, -0.15) is 5.10 Å². The van der Waals surface area contributed by atoms with Crippen LogP contribution in [0.3, 0.4) is 0 Å². The van der Waals surface area contributed by atoms with Crippen LogP contribution in [0.25, 0.3) is 11.3 Å². The van der Waals surface area contributed by atoms with E-state index in [4.69, 9.17) is 23.2 Å². The highest BCUT2D eigenvalue weighted by molar-refractivity contribution is 7.20. The van der Waals surface area contributed by atoms with Gasteiger partial charge in [0.15, 0.2) is 0 Å². The average Bonchev–Trinajstić information content (AvgIpc) is 3.19. The van der Waals surface area contributed by atoms with Gasteiger partial charge in [-0.3, -0.25) is 10.2 Å². The first-order chi connectivity index (χ1) is 15.5. The Bertz CT molecular complexity index is 1260. The molecule has 9 heteroatoms. The summed E-state index contributed by atoms with van der Waals surface area (Å²) in [5, 5.41) is 8.69. The van der Waals surface area contributed by atoms with Crippen LogP contribution >= 0.6 is 34.5 Å². The van der Waals surface area contributed by atoms with Crippen molar-refractivity contribution in [3.8, 4) is 11.3 Å². The minimum Gasteiger partial charge on any atom is -0.312 e. The van der Waals surface area contributed by atoms with E-state index in [1.807, 2.05) is 30.3 Å². The van der Waals surface area contributed by atoms with Crippen LogP contribution in [0, 0.1) is 5.82 Å². The van der Waals surface area contributed by atoms with Gasteiger partial charge >= 0.3 is 0 Å². The van der Waals surface area contributed by atoms with Crippen LogP contribution in [0.4, 0.5) is 14.5 Å². The Hall–Kier alpha value is -3.26. The van der Waals surface area contributed by atoms with E-state index in [2.05, 4.69) is 20.8 Å². The van der Waals surface area contributed by atoms with Gasteiger partial charge in [-0.25, -0.2) is 9.37 Å². The summed E-state index contributed by atoms with van der Waals surface area (Å²) >= 11 is 13.1. The molecule has 0 fully saturated rings. The first-order valence-electron chi connectivity index (χ1n) is 9.37. The van der Waals surface area contributed by atoms with Crippen molar-refractivity contribution in [1.82, 2.24) is 4.98 Å². The van der Waals surface area contributed by atoms with Gasteiger partial charge in [0.25, 0.3) is 5.91 Å². The van der Waals surface area contributed by atoms with Crippen molar-refractivity contribution in [1.29, 1.82) is 0 Å². The van der Waals surface area contributed by atoms with Gasteiger partial charge in [0.05, 0.1) is 11.2 Å². The summed E-state index contributed by atoms with van der Waals surface area (Å²) < 4.78 is 13.9. The van der Waals surface area contributed by atoms with Crippen molar-refractivity contribution in [2.24, 2.45) is 5.10 Å². The number of hydrazone groups is 1. The topological polar surface area (TPSA) is 66.4 Å². The standard InChI is InChI=1S/C23H15Cl2FN4OS/c24-16-11-9-15(10-12-16)21(31)29-22-20(14-5-2-1-3-6-14)28-23(32-22)30-27-13-17-18(25)7-4-8-19(17)26/h1-13H,(H,28,30)(H,29,31)/b27-13+. The van der Waals surface area contributed by atoms with Crippen LogP contribution in [0.2, 0.25) is 10.0 Å². The summed E-state index contributed by atoms with van der Waals surface area (Å²) in [6.45, 7) is 0. The lowest BCUT2D eigenvalue weighted by Crippen LogP contribution is -2.11. The van der Waals surface area contributed by atoms with Crippen LogP contribution < -0.4 is 10.7 Å². The van der Waals surface area contributed by atoms with Gasteiger partial charge in [-0.1, -0.05) is 70.9 Å². The highest BCUT2D eigenvalue weighted by atomic mass is 35.5. The number of anilines is 2. The Labute approximate surface area is 197 Å². The van der Waals surface area contributed by atoms with E-state index in [9.17, 15) is 9.18 Å². The van der Waals surface area contributed by atoms with E-state index in [1.54, 1.807) is 30.3 Å². The van der Waals surface area contributed by atoms with Crippen LogP contribution in [-0.4, -0.2) is 17.1 Å². The second kappa shape index (κ2) is 9.91. The van der Waals surface area contributed by atoms with E-state index >= 15 is 0 Å². The van der Waals surface area contributed by atoms with Crippen LogP contribution in [0.5, 0.6) is 0 Å². The van der Waals surface area contributed by atoms with Gasteiger partial charge in [0, 0.05) is 21.7 Å². The number of halogens is 3. The average molecular weight is 485 g/mol. The predicted molar refractivity (Wildman–Crippen MR) is 130 cm³/mol. The summed E-state index contributed by atoms with van der Waals surface area (Å²) in [6, 6.07) is 20.4. The maximum absolute atomic E-state index is 13.9. The zero-order valence-electron chi connectivity index (χ0n) is 16.4. The first kappa shape index (κ1) is 22.0. The highest BCUT2D eigenvalue weighted by Gasteiger charge is 2.16. The monoisotopic (exact) mass is 484 g/mol. The number of nitrogens with one attached hydrogen (secondary N) is 2. The molecule has 1 aromatic heterocycles. The van der Waals surface area contributed by atoms with E-state index in [0.29, 0.717) is 26.4 Å². The predicted octanol–water partition coefficient (Wildman–Crippen LogP) is 6.95. The molecule has 2 N–H and O–H groups in total. The molecular weight excluding hydrogens is 470 g/mol. The van der Waals surface area contributed by atoms with Gasteiger partial charge in [0.2, 0.25) is 5.13 Å². The Morgan fingerprint density at radius 1 is 1.00 bits per heavy atom. The van der Waals surface area contributed by atoms with Crippen LogP contribution in [0.1, 0.15) is 15.9 Å². The third-order valence-electron chi connectivity index (χ3n) is 4.36. The molecule has 0 aliphatic carbocycles. The highest BCUT2D eigenvalue weighted by Crippen LogP contribution is 2.36. The molecule has 1 amide bonds.